The number of nitrogen functional groups attached to an aromatic ring is 1. The van der Waals surface area contributed by atoms with Crippen LogP contribution in [0, 0.1) is 4.77 Å². The Morgan fingerprint density at radius 1 is 1.00 bits per heavy atom. The largest absolute Gasteiger partial charge is 0.369 e. The van der Waals surface area contributed by atoms with E-state index in [1.54, 1.807) is 0 Å². The van der Waals surface area contributed by atoms with Crippen LogP contribution >= 0.6 is 12.2 Å². The molecule has 0 atom stereocenters. The van der Waals surface area contributed by atoms with Crippen molar-refractivity contribution in [1.29, 1.82) is 0 Å². The Morgan fingerprint density at radius 2 is 1.78 bits per heavy atom. The van der Waals surface area contributed by atoms with Crippen LogP contribution in [0.2, 0.25) is 0 Å². The lowest BCUT2D eigenvalue weighted by Crippen LogP contribution is -1.99. The maximum Gasteiger partial charge on any atom is 0.224 e. The first-order valence-corrected chi connectivity index (χ1v) is 5.86. The fourth-order valence-corrected chi connectivity index (χ4v) is 2.06. The molecule has 3 rings (SSSR count). The van der Waals surface area contributed by atoms with Gasteiger partial charge in [0.2, 0.25) is 10.7 Å². The van der Waals surface area contributed by atoms with Crippen molar-refractivity contribution in [1.82, 2.24) is 15.0 Å². The highest BCUT2D eigenvalue weighted by Crippen LogP contribution is 2.21. The van der Waals surface area contributed by atoms with E-state index < -0.39 is 0 Å². The van der Waals surface area contributed by atoms with E-state index in [0.717, 1.165) is 10.9 Å². The van der Waals surface area contributed by atoms with Crippen LogP contribution in [0.1, 0.15) is 0 Å². The minimum absolute atomic E-state index is 0.245. The average Bonchev–Trinajstić information content (AvgIpc) is 2.37. The van der Waals surface area contributed by atoms with Crippen molar-refractivity contribution < 1.29 is 0 Å². The summed E-state index contributed by atoms with van der Waals surface area (Å²) in [6.45, 7) is 0. The van der Waals surface area contributed by atoms with Crippen molar-refractivity contribution in [2.24, 2.45) is 0 Å². The van der Waals surface area contributed by atoms with Crippen LogP contribution < -0.4 is 5.73 Å². The summed E-state index contributed by atoms with van der Waals surface area (Å²) in [5.41, 5.74) is 6.57. The van der Waals surface area contributed by atoms with Gasteiger partial charge in [0.05, 0.1) is 0 Å². The summed E-state index contributed by atoms with van der Waals surface area (Å²) in [6.07, 6.45) is 0. The molecular formula is C13H10N4S. The molecule has 0 aliphatic rings. The molecule has 2 aromatic carbocycles. The van der Waals surface area contributed by atoms with Crippen molar-refractivity contribution in [3.8, 4) is 11.4 Å². The Bertz CT molecular complexity index is 779. The van der Waals surface area contributed by atoms with Gasteiger partial charge in [0.25, 0.3) is 0 Å². The van der Waals surface area contributed by atoms with Gasteiger partial charge < -0.3 is 10.7 Å². The topological polar surface area (TPSA) is 67.6 Å². The molecule has 0 spiro atoms. The van der Waals surface area contributed by atoms with Gasteiger partial charge in [-0.1, -0.05) is 36.4 Å². The smallest absolute Gasteiger partial charge is 0.224 e. The van der Waals surface area contributed by atoms with Gasteiger partial charge in [0.1, 0.15) is 5.82 Å². The molecule has 4 nitrogen and oxygen atoms in total. The number of aromatic amines is 1. The number of nitrogens with two attached hydrogens (primary N) is 1. The zero-order chi connectivity index (χ0) is 12.5. The highest BCUT2D eigenvalue weighted by molar-refractivity contribution is 7.71. The standard InChI is InChI=1S/C13H10N4S/c14-12-15-11(16-13(18)17-12)10-6-5-8-3-1-2-4-9(8)7-10/h1-7H,(H3,14,15,16,17,18). The summed E-state index contributed by atoms with van der Waals surface area (Å²) in [5, 5.41) is 2.33. The molecule has 3 aromatic rings. The number of nitrogens with zero attached hydrogens (tertiary/aromatic N) is 2. The number of nitrogens with one attached hydrogen (secondary N) is 1. The molecule has 3 N–H and O–H groups in total. The third-order valence-electron chi connectivity index (χ3n) is 2.69. The van der Waals surface area contributed by atoms with E-state index in [1.807, 2.05) is 30.3 Å². The summed E-state index contributed by atoms with van der Waals surface area (Å²) < 4.78 is 0.245. The highest BCUT2D eigenvalue weighted by atomic mass is 32.1. The number of fused-ring (bicyclic) bond motifs is 1. The van der Waals surface area contributed by atoms with Crippen molar-refractivity contribution in [3.05, 3.63) is 47.2 Å². The van der Waals surface area contributed by atoms with Gasteiger partial charge in [0, 0.05) is 5.56 Å². The quantitative estimate of drug-likeness (QED) is 0.655. The van der Waals surface area contributed by atoms with E-state index in [-0.39, 0.29) is 10.7 Å². The average molecular weight is 254 g/mol. The molecule has 5 heteroatoms. The maximum absolute atomic E-state index is 5.64. The molecule has 0 saturated carbocycles. The lowest BCUT2D eigenvalue weighted by Gasteiger charge is -2.04. The summed E-state index contributed by atoms with van der Waals surface area (Å²) in [5.74, 6) is 0.913. The van der Waals surface area contributed by atoms with Crippen LogP contribution in [0.15, 0.2) is 42.5 Å². The molecule has 1 heterocycles. The van der Waals surface area contributed by atoms with E-state index in [4.69, 9.17) is 18.0 Å². The van der Waals surface area contributed by atoms with E-state index in [0.29, 0.717) is 5.82 Å². The molecule has 0 fully saturated rings. The number of rotatable bonds is 1. The third kappa shape index (κ3) is 1.96. The van der Waals surface area contributed by atoms with Crippen LogP contribution in [0.25, 0.3) is 22.2 Å². The number of H-pyrrole nitrogens is 1. The molecule has 0 bridgehead atoms. The second-order valence-corrected chi connectivity index (χ2v) is 4.29. The number of anilines is 1. The van der Waals surface area contributed by atoms with E-state index in [1.165, 1.54) is 5.39 Å². The minimum atomic E-state index is 0.245. The zero-order valence-corrected chi connectivity index (χ0v) is 10.2. The summed E-state index contributed by atoms with van der Waals surface area (Å²) in [7, 11) is 0. The summed E-state index contributed by atoms with van der Waals surface area (Å²) >= 11 is 4.96. The van der Waals surface area contributed by atoms with Crippen LogP contribution in [-0.4, -0.2) is 15.0 Å². The van der Waals surface area contributed by atoms with Gasteiger partial charge in [-0.15, -0.1) is 0 Å². The molecule has 0 unspecified atom stereocenters. The Morgan fingerprint density at radius 3 is 2.56 bits per heavy atom. The zero-order valence-electron chi connectivity index (χ0n) is 9.42. The molecule has 0 amide bonds. The van der Waals surface area contributed by atoms with Gasteiger partial charge in [0.15, 0.2) is 0 Å². The van der Waals surface area contributed by atoms with E-state index >= 15 is 0 Å². The van der Waals surface area contributed by atoms with Gasteiger partial charge in [-0.3, -0.25) is 0 Å². The molecule has 0 radical (unpaired) electrons. The predicted octanol–water partition coefficient (Wildman–Crippen LogP) is 2.94. The number of hydrogen-bond acceptors (Lipinski definition) is 4. The van der Waals surface area contributed by atoms with Crippen LogP contribution in [0.4, 0.5) is 5.95 Å². The predicted molar refractivity (Wildman–Crippen MR) is 74.6 cm³/mol. The molecule has 0 aliphatic heterocycles. The summed E-state index contributed by atoms with van der Waals surface area (Å²) in [6, 6.07) is 14.2. The van der Waals surface area contributed by atoms with Gasteiger partial charge in [-0.2, -0.15) is 4.98 Å². The maximum atomic E-state index is 5.64. The summed E-state index contributed by atoms with van der Waals surface area (Å²) in [4.78, 5) is 10.9. The van der Waals surface area contributed by atoms with Gasteiger partial charge in [-0.05, 0) is 29.1 Å². The second kappa shape index (κ2) is 4.19. The fourth-order valence-electron chi connectivity index (χ4n) is 1.87. The Labute approximate surface area is 109 Å². The van der Waals surface area contributed by atoms with Crippen LogP contribution in [0.5, 0.6) is 0 Å². The Hall–Kier alpha value is -2.27. The minimum Gasteiger partial charge on any atom is -0.369 e. The van der Waals surface area contributed by atoms with E-state index in [9.17, 15) is 0 Å². The monoisotopic (exact) mass is 254 g/mol. The normalized spacial score (nSPS) is 10.7. The number of hydrogen-bond donors (Lipinski definition) is 2. The third-order valence-corrected chi connectivity index (χ3v) is 2.88. The first-order chi connectivity index (χ1) is 8.72. The second-order valence-electron chi connectivity index (χ2n) is 3.93. The van der Waals surface area contributed by atoms with Gasteiger partial charge in [-0.25, -0.2) is 4.98 Å². The van der Waals surface area contributed by atoms with Crippen molar-refractivity contribution in [2.75, 3.05) is 5.73 Å². The molecular weight excluding hydrogens is 244 g/mol. The molecule has 0 saturated heterocycles. The Kier molecular flexibility index (Phi) is 2.53. The van der Waals surface area contributed by atoms with Crippen molar-refractivity contribution >= 4 is 28.9 Å². The molecule has 18 heavy (non-hydrogen) atoms. The number of aromatic nitrogens is 3. The Balaban J connectivity index is 2.22. The highest BCUT2D eigenvalue weighted by Gasteiger charge is 2.03. The van der Waals surface area contributed by atoms with Crippen molar-refractivity contribution in [3.63, 3.8) is 0 Å². The fraction of sp³-hybridized carbons (Fsp3) is 0. The number of benzene rings is 2. The molecule has 88 valence electrons. The van der Waals surface area contributed by atoms with Crippen LogP contribution in [-0.2, 0) is 0 Å². The SMILES string of the molecule is Nc1nc(=S)nc(-c2ccc3ccccc3c2)[nH]1. The molecule has 1 aromatic heterocycles. The van der Waals surface area contributed by atoms with E-state index in [2.05, 4.69) is 27.1 Å². The van der Waals surface area contributed by atoms with Crippen LogP contribution in [0.3, 0.4) is 0 Å². The molecule has 0 aliphatic carbocycles. The first kappa shape index (κ1) is 10.9. The van der Waals surface area contributed by atoms with Gasteiger partial charge >= 0.3 is 0 Å². The van der Waals surface area contributed by atoms with Crippen molar-refractivity contribution in [2.45, 2.75) is 0 Å². The first-order valence-electron chi connectivity index (χ1n) is 5.45. The lowest BCUT2D eigenvalue weighted by molar-refractivity contribution is 1.05. The lowest BCUT2D eigenvalue weighted by atomic mass is 10.1.